The van der Waals surface area contributed by atoms with Crippen LogP contribution in [0.2, 0.25) is 5.02 Å². The van der Waals surface area contributed by atoms with Gasteiger partial charge < -0.3 is 19.5 Å². The van der Waals surface area contributed by atoms with Crippen LogP contribution in [0, 0.1) is 0 Å². The van der Waals surface area contributed by atoms with Crippen molar-refractivity contribution >= 4 is 29.9 Å². The summed E-state index contributed by atoms with van der Waals surface area (Å²) in [6.45, 7) is 2.47. The molecule has 136 valence electrons. The van der Waals surface area contributed by atoms with Crippen LogP contribution in [0.25, 0.3) is 0 Å². The molecule has 1 atom stereocenters. The van der Waals surface area contributed by atoms with Crippen LogP contribution in [0.1, 0.15) is 18.3 Å². The Kier molecular flexibility index (Phi) is 7.11. The number of benzene rings is 1. The van der Waals surface area contributed by atoms with Gasteiger partial charge in [-0.2, -0.15) is 0 Å². The van der Waals surface area contributed by atoms with Gasteiger partial charge in [0.15, 0.2) is 0 Å². The molecule has 1 unspecified atom stereocenters. The SMILES string of the molecule is Cl.Cn1ccnc1C1CNCCN1C(=O)CCOc1ccccc1Cl. The van der Waals surface area contributed by atoms with Gasteiger partial charge >= 0.3 is 0 Å². The average Bonchev–Trinajstić information content (AvgIpc) is 3.02. The van der Waals surface area contributed by atoms with Crippen molar-refractivity contribution < 1.29 is 9.53 Å². The normalized spacial score (nSPS) is 17.0. The number of nitrogens with zero attached hydrogens (tertiary/aromatic N) is 3. The van der Waals surface area contributed by atoms with Crippen molar-refractivity contribution in [2.24, 2.45) is 7.05 Å². The van der Waals surface area contributed by atoms with Crippen molar-refractivity contribution in [3.8, 4) is 5.75 Å². The van der Waals surface area contributed by atoms with E-state index in [1.54, 1.807) is 18.3 Å². The van der Waals surface area contributed by atoms with Crippen molar-refractivity contribution in [3.63, 3.8) is 0 Å². The van der Waals surface area contributed by atoms with Gasteiger partial charge in [-0.05, 0) is 12.1 Å². The molecule has 1 amide bonds. The summed E-state index contributed by atoms with van der Waals surface area (Å²) in [7, 11) is 1.94. The lowest BCUT2D eigenvalue weighted by Crippen LogP contribution is -2.49. The summed E-state index contributed by atoms with van der Waals surface area (Å²) in [6.07, 6.45) is 3.96. The molecule has 1 N–H and O–H groups in total. The van der Waals surface area contributed by atoms with Crippen molar-refractivity contribution in [3.05, 3.63) is 47.5 Å². The topological polar surface area (TPSA) is 59.4 Å². The first kappa shape index (κ1) is 19.6. The van der Waals surface area contributed by atoms with E-state index in [4.69, 9.17) is 16.3 Å². The summed E-state index contributed by atoms with van der Waals surface area (Å²) in [5.41, 5.74) is 0. The molecule has 1 aliphatic heterocycles. The number of para-hydroxylation sites is 1. The van der Waals surface area contributed by atoms with E-state index in [0.717, 1.165) is 12.4 Å². The number of aromatic nitrogens is 2. The predicted octanol–water partition coefficient (Wildman–Crippen LogP) is 2.44. The van der Waals surface area contributed by atoms with Crippen LogP contribution >= 0.6 is 24.0 Å². The first-order valence-corrected chi connectivity index (χ1v) is 8.39. The Hall–Kier alpha value is -1.76. The summed E-state index contributed by atoms with van der Waals surface area (Å²) in [6, 6.07) is 7.22. The van der Waals surface area contributed by atoms with Gasteiger partial charge in [0.25, 0.3) is 0 Å². The standard InChI is InChI=1S/C17H21ClN4O2.ClH/c1-21-9-8-20-17(21)14-12-19-7-10-22(14)16(23)6-11-24-15-5-3-2-4-13(15)18;/h2-5,8-9,14,19H,6-7,10-12H2,1H3;1H. The molecule has 0 aliphatic carbocycles. The fourth-order valence-electron chi connectivity index (χ4n) is 2.89. The first-order chi connectivity index (χ1) is 11.7. The molecule has 3 rings (SSSR count). The van der Waals surface area contributed by atoms with Crippen LogP contribution < -0.4 is 10.1 Å². The van der Waals surface area contributed by atoms with Crippen LogP contribution in [-0.4, -0.2) is 46.6 Å². The van der Waals surface area contributed by atoms with Gasteiger partial charge in [-0.25, -0.2) is 4.98 Å². The number of hydrogen-bond acceptors (Lipinski definition) is 4. The third kappa shape index (κ3) is 4.66. The summed E-state index contributed by atoms with van der Waals surface area (Å²) in [4.78, 5) is 18.9. The van der Waals surface area contributed by atoms with E-state index in [2.05, 4.69) is 10.3 Å². The second-order valence-corrected chi connectivity index (χ2v) is 6.14. The molecule has 1 aliphatic rings. The fourth-order valence-corrected chi connectivity index (χ4v) is 3.08. The number of carbonyl (C=O) groups is 1. The lowest BCUT2D eigenvalue weighted by Gasteiger charge is -2.35. The number of amides is 1. The zero-order valence-electron chi connectivity index (χ0n) is 14.0. The summed E-state index contributed by atoms with van der Waals surface area (Å²) < 4.78 is 7.59. The number of nitrogens with one attached hydrogen (secondary N) is 1. The maximum atomic E-state index is 12.6. The molecular weight excluding hydrogens is 363 g/mol. The molecule has 6 nitrogen and oxygen atoms in total. The van der Waals surface area contributed by atoms with Gasteiger partial charge in [-0.1, -0.05) is 23.7 Å². The van der Waals surface area contributed by atoms with E-state index in [1.165, 1.54) is 0 Å². The molecule has 1 aromatic heterocycles. The summed E-state index contributed by atoms with van der Waals surface area (Å²) in [5.74, 6) is 1.56. The lowest BCUT2D eigenvalue weighted by atomic mass is 10.1. The molecule has 0 saturated carbocycles. The quantitative estimate of drug-likeness (QED) is 0.859. The Morgan fingerprint density at radius 2 is 2.24 bits per heavy atom. The molecule has 1 saturated heterocycles. The maximum absolute atomic E-state index is 12.6. The molecular formula is C17H22Cl2N4O2. The largest absolute Gasteiger partial charge is 0.491 e. The Balaban J connectivity index is 0.00000225. The fraction of sp³-hybridized carbons (Fsp3) is 0.412. The van der Waals surface area contributed by atoms with Gasteiger partial charge in [0.05, 0.1) is 18.1 Å². The summed E-state index contributed by atoms with van der Waals surface area (Å²) in [5, 5.41) is 3.88. The first-order valence-electron chi connectivity index (χ1n) is 8.01. The highest BCUT2D eigenvalue weighted by Gasteiger charge is 2.30. The lowest BCUT2D eigenvalue weighted by molar-refractivity contribution is -0.135. The van der Waals surface area contributed by atoms with E-state index in [9.17, 15) is 4.79 Å². The minimum atomic E-state index is -0.0495. The number of hydrogen-bond donors (Lipinski definition) is 1. The van der Waals surface area contributed by atoms with Gasteiger partial charge in [0.2, 0.25) is 5.91 Å². The van der Waals surface area contributed by atoms with Gasteiger partial charge in [-0.15, -0.1) is 12.4 Å². The highest BCUT2D eigenvalue weighted by molar-refractivity contribution is 6.32. The molecule has 2 heterocycles. The second kappa shape index (κ2) is 9.08. The highest BCUT2D eigenvalue weighted by Crippen LogP contribution is 2.24. The summed E-state index contributed by atoms with van der Waals surface area (Å²) >= 11 is 6.06. The Morgan fingerprint density at radius 3 is 2.96 bits per heavy atom. The van der Waals surface area contributed by atoms with Crippen molar-refractivity contribution in [2.75, 3.05) is 26.2 Å². The van der Waals surface area contributed by atoms with E-state index in [0.29, 0.717) is 36.9 Å². The number of carbonyl (C=O) groups excluding carboxylic acids is 1. The molecule has 1 fully saturated rings. The zero-order chi connectivity index (χ0) is 16.9. The van der Waals surface area contributed by atoms with Crippen molar-refractivity contribution in [2.45, 2.75) is 12.5 Å². The van der Waals surface area contributed by atoms with Gasteiger partial charge in [-0.3, -0.25) is 4.79 Å². The Morgan fingerprint density at radius 1 is 1.44 bits per heavy atom. The minimum Gasteiger partial charge on any atom is -0.491 e. The zero-order valence-corrected chi connectivity index (χ0v) is 15.6. The average molecular weight is 385 g/mol. The number of ether oxygens (including phenoxy) is 1. The number of piperazine rings is 1. The van der Waals surface area contributed by atoms with Gasteiger partial charge in [0.1, 0.15) is 17.6 Å². The van der Waals surface area contributed by atoms with Crippen LogP contribution in [0.5, 0.6) is 5.75 Å². The van der Waals surface area contributed by atoms with Crippen LogP contribution in [0.4, 0.5) is 0 Å². The third-order valence-corrected chi connectivity index (χ3v) is 4.44. The van der Waals surface area contributed by atoms with Crippen LogP contribution in [-0.2, 0) is 11.8 Å². The maximum Gasteiger partial charge on any atom is 0.226 e. The van der Waals surface area contributed by atoms with E-state index >= 15 is 0 Å². The van der Waals surface area contributed by atoms with Gasteiger partial charge in [0, 0.05) is 39.1 Å². The molecule has 8 heteroatoms. The molecule has 1 aromatic carbocycles. The smallest absolute Gasteiger partial charge is 0.226 e. The predicted molar refractivity (Wildman–Crippen MR) is 99.3 cm³/mol. The Labute approximate surface area is 158 Å². The minimum absolute atomic E-state index is 0. The molecule has 0 bridgehead atoms. The number of imidazole rings is 1. The number of rotatable bonds is 5. The van der Waals surface area contributed by atoms with E-state index in [-0.39, 0.29) is 24.4 Å². The number of aryl methyl sites for hydroxylation is 1. The van der Waals surface area contributed by atoms with Crippen molar-refractivity contribution in [1.82, 2.24) is 19.8 Å². The monoisotopic (exact) mass is 384 g/mol. The third-order valence-electron chi connectivity index (χ3n) is 4.13. The van der Waals surface area contributed by atoms with E-state index < -0.39 is 0 Å². The highest BCUT2D eigenvalue weighted by atomic mass is 35.5. The number of halogens is 2. The van der Waals surface area contributed by atoms with Crippen LogP contribution in [0.3, 0.4) is 0 Å². The second-order valence-electron chi connectivity index (χ2n) is 5.73. The molecule has 25 heavy (non-hydrogen) atoms. The molecule has 0 spiro atoms. The van der Waals surface area contributed by atoms with E-state index in [1.807, 2.05) is 34.8 Å². The Bertz CT molecular complexity index is 707. The molecule has 0 radical (unpaired) electrons. The molecule has 2 aromatic rings. The van der Waals surface area contributed by atoms with Crippen molar-refractivity contribution in [1.29, 1.82) is 0 Å². The van der Waals surface area contributed by atoms with Crippen LogP contribution in [0.15, 0.2) is 36.7 Å².